The fourth-order valence-corrected chi connectivity index (χ4v) is 1.74. The maximum Gasteiger partial charge on any atom is 0.111 e. The second kappa shape index (κ2) is 5.71. The van der Waals surface area contributed by atoms with Gasteiger partial charge in [-0.15, -0.1) is 0 Å². The normalized spacial score (nSPS) is 12.6. The highest BCUT2D eigenvalue weighted by Crippen LogP contribution is 2.17. The first-order chi connectivity index (χ1) is 7.60. The van der Waals surface area contributed by atoms with Gasteiger partial charge in [0.2, 0.25) is 0 Å². The highest BCUT2D eigenvalue weighted by Gasteiger charge is 2.22. The number of nitrogens with one attached hydrogen (secondary N) is 1. The largest absolute Gasteiger partial charge is 0.500 e. The lowest BCUT2D eigenvalue weighted by atomic mass is 10.0. The molecular formula is C14H21NO. The molecule has 0 aliphatic carbocycles. The Kier molecular flexibility index (Phi) is 4.56. The predicted octanol–water partition coefficient (Wildman–Crippen LogP) is 3.11. The first-order valence-electron chi connectivity index (χ1n) is 5.60. The molecule has 2 nitrogen and oxygen atoms in total. The van der Waals surface area contributed by atoms with E-state index in [2.05, 4.69) is 43.4 Å². The van der Waals surface area contributed by atoms with Crippen molar-refractivity contribution in [1.82, 2.24) is 5.32 Å². The van der Waals surface area contributed by atoms with Crippen molar-refractivity contribution >= 4 is 0 Å². The number of hydrogen-bond acceptors (Lipinski definition) is 2. The number of ether oxygens (including phenoxy) is 1. The van der Waals surface area contributed by atoms with Crippen LogP contribution in [0.2, 0.25) is 0 Å². The van der Waals surface area contributed by atoms with Crippen LogP contribution in [0.4, 0.5) is 0 Å². The van der Waals surface area contributed by atoms with Gasteiger partial charge in [-0.2, -0.15) is 0 Å². The van der Waals surface area contributed by atoms with Crippen molar-refractivity contribution in [3.05, 3.63) is 47.7 Å². The quantitative estimate of drug-likeness (QED) is 0.768. The number of benzene rings is 1. The summed E-state index contributed by atoms with van der Waals surface area (Å²) in [6.07, 6.45) is 2.00. The standard InChI is InChI=1S/C14H21NO/c1-5-13(16-4)14(2,3)15-11-12-9-7-6-8-10-12/h5-10,15H,11H2,1-4H3/b13-5+. The van der Waals surface area contributed by atoms with Crippen molar-refractivity contribution in [2.24, 2.45) is 0 Å². The molecule has 0 bridgehead atoms. The zero-order valence-corrected chi connectivity index (χ0v) is 10.6. The Bertz CT molecular complexity index is 341. The maximum absolute atomic E-state index is 5.35. The molecule has 1 N–H and O–H groups in total. The van der Waals surface area contributed by atoms with Gasteiger partial charge in [0.1, 0.15) is 5.76 Å². The van der Waals surface area contributed by atoms with E-state index in [1.54, 1.807) is 7.11 Å². The summed E-state index contributed by atoms with van der Waals surface area (Å²) in [5.74, 6) is 0.962. The van der Waals surface area contributed by atoms with Gasteiger partial charge in [0, 0.05) is 6.54 Å². The van der Waals surface area contributed by atoms with Crippen LogP contribution in [0, 0.1) is 0 Å². The van der Waals surface area contributed by atoms with Crippen LogP contribution in [0.1, 0.15) is 26.3 Å². The van der Waals surface area contributed by atoms with Gasteiger partial charge in [0.05, 0.1) is 12.6 Å². The molecule has 0 aliphatic heterocycles. The van der Waals surface area contributed by atoms with Gasteiger partial charge in [-0.1, -0.05) is 30.3 Å². The molecule has 88 valence electrons. The molecule has 0 radical (unpaired) electrons. The molecule has 0 amide bonds. The molecule has 0 spiro atoms. The SMILES string of the molecule is C/C=C(/OC)C(C)(C)NCc1ccccc1. The molecular weight excluding hydrogens is 198 g/mol. The molecule has 2 heteroatoms. The van der Waals surface area contributed by atoms with Crippen LogP contribution in [-0.4, -0.2) is 12.6 Å². The molecule has 0 fully saturated rings. The van der Waals surface area contributed by atoms with Crippen LogP contribution in [0.15, 0.2) is 42.2 Å². The average Bonchev–Trinajstić information content (AvgIpc) is 2.29. The average molecular weight is 219 g/mol. The summed E-state index contributed by atoms with van der Waals surface area (Å²) >= 11 is 0. The summed E-state index contributed by atoms with van der Waals surface area (Å²) < 4.78 is 5.35. The van der Waals surface area contributed by atoms with E-state index in [1.807, 2.05) is 19.1 Å². The highest BCUT2D eigenvalue weighted by atomic mass is 16.5. The van der Waals surface area contributed by atoms with Crippen LogP contribution < -0.4 is 5.32 Å². The minimum absolute atomic E-state index is 0.140. The number of hydrogen-bond donors (Lipinski definition) is 1. The molecule has 1 rings (SSSR count). The van der Waals surface area contributed by atoms with Gasteiger partial charge in [-0.3, -0.25) is 0 Å². The second-order valence-corrected chi connectivity index (χ2v) is 4.32. The summed E-state index contributed by atoms with van der Waals surface area (Å²) in [6, 6.07) is 10.4. The fraction of sp³-hybridized carbons (Fsp3) is 0.429. The van der Waals surface area contributed by atoms with Gasteiger partial charge in [0.25, 0.3) is 0 Å². The Morgan fingerprint density at radius 2 is 1.94 bits per heavy atom. The summed E-state index contributed by atoms with van der Waals surface area (Å²) in [5, 5.41) is 3.48. The van der Waals surface area contributed by atoms with Crippen molar-refractivity contribution in [3.8, 4) is 0 Å². The van der Waals surface area contributed by atoms with Gasteiger partial charge in [0.15, 0.2) is 0 Å². The molecule has 0 saturated heterocycles. The third-order valence-corrected chi connectivity index (χ3v) is 2.68. The summed E-state index contributed by atoms with van der Waals surface area (Å²) in [4.78, 5) is 0. The van der Waals surface area contributed by atoms with Gasteiger partial charge < -0.3 is 10.1 Å². The van der Waals surface area contributed by atoms with E-state index in [4.69, 9.17) is 4.74 Å². The van der Waals surface area contributed by atoms with Gasteiger partial charge in [-0.05, 0) is 32.4 Å². The summed E-state index contributed by atoms with van der Waals surface area (Å²) in [6.45, 7) is 7.07. The van der Waals surface area contributed by atoms with Gasteiger partial charge in [-0.25, -0.2) is 0 Å². The third kappa shape index (κ3) is 3.38. The molecule has 0 heterocycles. The Morgan fingerprint density at radius 3 is 2.44 bits per heavy atom. The lowest BCUT2D eigenvalue weighted by Crippen LogP contribution is -2.41. The Labute approximate surface area is 98.3 Å². The fourth-order valence-electron chi connectivity index (χ4n) is 1.74. The van der Waals surface area contributed by atoms with E-state index in [-0.39, 0.29) is 5.54 Å². The van der Waals surface area contributed by atoms with Crippen LogP contribution in [-0.2, 0) is 11.3 Å². The van der Waals surface area contributed by atoms with Crippen molar-refractivity contribution in [1.29, 1.82) is 0 Å². The van der Waals surface area contributed by atoms with Crippen molar-refractivity contribution < 1.29 is 4.74 Å². The molecule has 0 atom stereocenters. The molecule has 16 heavy (non-hydrogen) atoms. The van der Waals surface area contributed by atoms with Crippen molar-refractivity contribution in [2.45, 2.75) is 32.9 Å². The van der Waals surface area contributed by atoms with Crippen LogP contribution in [0.3, 0.4) is 0 Å². The Hall–Kier alpha value is -1.28. The van der Waals surface area contributed by atoms with E-state index in [9.17, 15) is 0 Å². The number of methoxy groups -OCH3 is 1. The zero-order chi connectivity index (χ0) is 12.0. The lowest BCUT2D eigenvalue weighted by molar-refractivity contribution is 0.212. The summed E-state index contributed by atoms with van der Waals surface area (Å²) in [7, 11) is 1.71. The predicted molar refractivity (Wildman–Crippen MR) is 68.1 cm³/mol. The number of rotatable bonds is 5. The molecule has 0 aromatic heterocycles. The van der Waals surface area contributed by atoms with E-state index in [0.29, 0.717) is 0 Å². The van der Waals surface area contributed by atoms with Crippen molar-refractivity contribution in [2.75, 3.05) is 7.11 Å². The lowest BCUT2D eigenvalue weighted by Gasteiger charge is -2.28. The molecule has 1 aromatic carbocycles. The Morgan fingerprint density at radius 1 is 1.31 bits per heavy atom. The first kappa shape index (κ1) is 12.8. The maximum atomic E-state index is 5.35. The second-order valence-electron chi connectivity index (χ2n) is 4.32. The van der Waals surface area contributed by atoms with Crippen LogP contribution in [0.5, 0.6) is 0 Å². The molecule has 0 unspecified atom stereocenters. The molecule has 0 saturated carbocycles. The molecule has 0 aliphatic rings. The monoisotopic (exact) mass is 219 g/mol. The van der Waals surface area contributed by atoms with E-state index in [0.717, 1.165) is 12.3 Å². The van der Waals surface area contributed by atoms with Gasteiger partial charge >= 0.3 is 0 Å². The number of allylic oxidation sites excluding steroid dienone is 1. The van der Waals surface area contributed by atoms with Crippen molar-refractivity contribution in [3.63, 3.8) is 0 Å². The minimum atomic E-state index is -0.140. The van der Waals surface area contributed by atoms with E-state index < -0.39 is 0 Å². The topological polar surface area (TPSA) is 21.3 Å². The van der Waals surface area contributed by atoms with E-state index in [1.165, 1.54) is 5.56 Å². The summed E-state index contributed by atoms with van der Waals surface area (Å²) in [5.41, 5.74) is 1.14. The molecule has 1 aromatic rings. The third-order valence-electron chi connectivity index (χ3n) is 2.68. The first-order valence-corrected chi connectivity index (χ1v) is 5.60. The van der Waals surface area contributed by atoms with Crippen LogP contribution >= 0.6 is 0 Å². The minimum Gasteiger partial charge on any atom is -0.500 e. The van der Waals surface area contributed by atoms with Crippen LogP contribution in [0.25, 0.3) is 0 Å². The Balaban J connectivity index is 2.61. The van der Waals surface area contributed by atoms with E-state index >= 15 is 0 Å². The smallest absolute Gasteiger partial charge is 0.111 e. The highest BCUT2D eigenvalue weighted by molar-refractivity contribution is 5.16. The zero-order valence-electron chi connectivity index (χ0n) is 10.6.